The van der Waals surface area contributed by atoms with Crippen molar-refractivity contribution in [1.82, 2.24) is 9.97 Å². The van der Waals surface area contributed by atoms with Crippen molar-refractivity contribution in [1.29, 1.82) is 0 Å². The van der Waals surface area contributed by atoms with Crippen LogP contribution in [0.5, 0.6) is 11.8 Å². The second-order valence-corrected chi connectivity index (χ2v) is 4.85. The minimum absolute atomic E-state index is 0.232. The molecule has 0 bridgehead atoms. The Morgan fingerprint density at radius 1 is 1.16 bits per heavy atom. The van der Waals surface area contributed by atoms with Gasteiger partial charge >= 0.3 is 6.01 Å². The summed E-state index contributed by atoms with van der Waals surface area (Å²) in [5, 5.41) is 0. The molecular formula is C14H15N3OS. The molecule has 0 aliphatic carbocycles. The molecule has 1 heterocycles. The fraction of sp³-hybridized carbons (Fsp3) is 0.214. The lowest BCUT2D eigenvalue weighted by atomic mass is 10.1. The molecule has 98 valence electrons. The van der Waals surface area contributed by atoms with E-state index >= 15 is 0 Å². The van der Waals surface area contributed by atoms with Crippen molar-refractivity contribution in [3.05, 3.63) is 46.8 Å². The van der Waals surface area contributed by atoms with E-state index in [9.17, 15) is 0 Å². The van der Waals surface area contributed by atoms with Crippen molar-refractivity contribution in [3.8, 4) is 11.8 Å². The molecule has 5 heteroatoms. The van der Waals surface area contributed by atoms with Crippen LogP contribution in [-0.4, -0.2) is 15.0 Å². The van der Waals surface area contributed by atoms with Crippen molar-refractivity contribution in [3.63, 3.8) is 0 Å². The van der Waals surface area contributed by atoms with E-state index in [1.54, 1.807) is 6.07 Å². The quantitative estimate of drug-likeness (QED) is 0.871. The smallest absolute Gasteiger partial charge is 0.322 e. The van der Waals surface area contributed by atoms with Crippen LogP contribution in [0.15, 0.2) is 24.3 Å². The van der Waals surface area contributed by atoms with Gasteiger partial charge in [-0.05, 0) is 38.5 Å². The summed E-state index contributed by atoms with van der Waals surface area (Å²) in [6.45, 7) is 5.86. The Balaban J connectivity index is 2.35. The third-order valence-electron chi connectivity index (χ3n) is 2.62. The Bertz CT molecular complexity index is 641. The van der Waals surface area contributed by atoms with E-state index in [-0.39, 0.29) is 11.0 Å². The van der Waals surface area contributed by atoms with Gasteiger partial charge < -0.3 is 10.5 Å². The molecule has 0 amide bonds. The monoisotopic (exact) mass is 273 g/mol. The normalized spacial score (nSPS) is 10.3. The van der Waals surface area contributed by atoms with Crippen LogP contribution < -0.4 is 10.5 Å². The van der Waals surface area contributed by atoms with Gasteiger partial charge in [0, 0.05) is 5.69 Å². The Labute approximate surface area is 117 Å². The number of nitrogens with two attached hydrogens (primary N) is 1. The van der Waals surface area contributed by atoms with E-state index in [2.05, 4.69) is 9.97 Å². The van der Waals surface area contributed by atoms with Gasteiger partial charge in [-0.1, -0.05) is 29.9 Å². The number of nitrogens with zero attached hydrogens (tertiary/aromatic N) is 2. The Morgan fingerprint density at radius 3 is 2.53 bits per heavy atom. The number of ether oxygens (including phenoxy) is 1. The van der Waals surface area contributed by atoms with E-state index in [0.29, 0.717) is 5.69 Å². The first-order chi connectivity index (χ1) is 8.95. The lowest BCUT2D eigenvalue weighted by Crippen LogP contribution is -2.13. The average Bonchev–Trinajstić information content (AvgIpc) is 2.32. The zero-order valence-electron chi connectivity index (χ0n) is 11.1. The molecule has 0 aliphatic rings. The third kappa shape index (κ3) is 3.26. The molecule has 2 rings (SSSR count). The lowest BCUT2D eigenvalue weighted by molar-refractivity contribution is 0.437. The molecular weight excluding hydrogens is 258 g/mol. The second kappa shape index (κ2) is 5.32. The topological polar surface area (TPSA) is 61.0 Å². The number of aryl methyl sites for hydroxylation is 3. The first-order valence-electron chi connectivity index (χ1n) is 5.86. The SMILES string of the molecule is Cc1ccc(Oc2nc(C)cc(C(N)=S)n2)c(C)c1. The summed E-state index contributed by atoms with van der Waals surface area (Å²) >= 11 is 4.92. The summed E-state index contributed by atoms with van der Waals surface area (Å²) in [6, 6.07) is 7.91. The Morgan fingerprint density at radius 2 is 1.89 bits per heavy atom. The average molecular weight is 273 g/mol. The number of aromatic nitrogens is 2. The maximum atomic E-state index is 5.70. The number of rotatable bonds is 3. The standard InChI is InChI=1S/C14H15N3OS/c1-8-4-5-12(9(2)6-8)18-14-16-10(3)7-11(17-14)13(15)19/h4-7H,1-3H3,(H2,15,19). The molecule has 19 heavy (non-hydrogen) atoms. The zero-order valence-corrected chi connectivity index (χ0v) is 11.9. The van der Waals surface area contributed by atoms with Crippen LogP contribution in [0.4, 0.5) is 0 Å². The van der Waals surface area contributed by atoms with E-state index < -0.39 is 0 Å². The lowest BCUT2D eigenvalue weighted by Gasteiger charge is -2.09. The largest absolute Gasteiger partial charge is 0.424 e. The van der Waals surface area contributed by atoms with Gasteiger partial charge in [-0.25, -0.2) is 4.98 Å². The van der Waals surface area contributed by atoms with Crippen molar-refractivity contribution >= 4 is 17.2 Å². The first-order valence-corrected chi connectivity index (χ1v) is 6.27. The Hall–Kier alpha value is -2.01. The summed E-state index contributed by atoms with van der Waals surface area (Å²) in [4.78, 5) is 8.65. The van der Waals surface area contributed by atoms with Crippen LogP contribution in [0.3, 0.4) is 0 Å². The van der Waals surface area contributed by atoms with Crippen molar-refractivity contribution in [2.24, 2.45) is 5.73 Å². The van der Waals surface area contributed by atoms with Crippen molar-refractivity contribution in [2.45, 2.75) is 20.8 Å². The fourth-order valence-electron chi connectivity index (χ4n) is 1.73. The van der Waals surface area contributed by atoms with Crippen LogP contribution in [-0.2, 0) is 0 Å². The van der Waals surface area contributed by atoms with Crippen LogP contribution >= 0.6 is 12.2 Å². The molecule has 0 aliphatic heterocycles. The first kappa shape index (κ1) is 13.4. The summed E-state index contributed by atoms with van der Waals surface area (Å²) in [6.07, 6.45) is 0. The minimum atomic E-state index is 0.232. The van der Waals surface area contributed by atoms with Crippen LogP contribution in [0.2, 0.25) is 0 Å². The number of benzene rings is 1. The molecule has 0 radical (unpaired) electrons. The van der Waals surface area contributed by atoms with E-state index in [4.69, 9.17) is 22.7 Å². The summed E-state index contributed by atoms with van der Waals surface area (Å²) in [5.74, 6) is 0.727. The molecule has 0 fully saturated rings. The van der Waals surface area contributed by atoms with E-state index in [1.807, 2.05) is 39.0 Å². The highest BCUT2D eigenvalue weighted by Crippen LogP contribution is 2.23. The molecule has 1 aromatic carbocycles. The highest BCUT2D eigenvalue weighted by atomic mass is 32.1. The zero-order chi connectivity index (χ0) is 14.0. The molecule has 0 saturated carbocycles. The number of thiocarbonyl (C=S) groups is 1. The minimum Gasteiger partial charge on any atom is -0.424 e. The Kier molecular flexibility index (Phi) is 3.76. The summed E-state index contributed by atoms with van der Waals surface area (Å²) in [5.41, 5.74) is 9.07. The van der Waals surface area contributed by atoms with Gasteiger partial charge in [0.15, 0.2) is 0 Å². The van der Waals surface area contributed by atoms with Gasteiger partial charge in [0.05, 0.1) is 0 Å². The van der Waals surface area contributed by atoms with E-state index in [0.717, 1.165) is 17.0 Å². The van der Waals surface area contributed by atoms with Crippen molar-refractivity contribution in [2.75, 3.05) is 0 Å². The molecule has 2 aromatic rings. The molecule has 1 aromatic heterocycles. The second-order valence-electron chi connectivity index (χ2n) is 4.41. The number of hydrogen-bond acceptors (Lipinski definition) is 4. The predicted molar refractivity (Wildman–Crippen MR) is 78.6 cm³/mol. The molecule has 0 atom stereocenters. The highest BCUT2D eigenvalue weighted by Gasteiger charge is 2.08. The molecule has 0 saturated heterocycles. The van der Waals surface area contributed by atoms with Gasteiger partial charge in [-0.3, -0.25) is 0 Å². The maximum absolute atomic E-state index is 5.70. The predicted octanol–water partition coefficient (Wildman–Crippen LogP) is 2.83. The van der Waals surface area contributed by atoms with E-state index in [1.165, 1.54) is 5.56 Å². The van der Waals surface area contributed by atoms with Crippen LogP contribution in [0, 0.1) is 20.8 Å². The van der Waals surface area contributed by atoms with Gasteiger partial charge in [-0.15, -0.1) is 0 Å². The molecule has 2 N–H and O–H groups in total. The van der Waals surface area contributed by atoms with Gasteiger partial charge in [-0.2, -0.15) is 4.98 Å². The third-order valence-corrected chi connectivity index (χ3v) is 2.83. The van der Waals surface area contributed by atoms with Gasteiger partial charge in [0.25, 0.3) is 0 Å². The number of hydrogen-bond donors (Lipinski definition) is 1. The van der Waals surface area contributed by atoms with Crippen LogP contribution in [0.25, 0.3) is 0 Å². The summed E-state index contributed by atoms with van der Waals surface area (Å²) < 4.78 is 5.70. The fourth-order valence-corrected chi connectivity index (χ4v) is 1.83. The highest BCUT2D eigenvalue weighted by molar-refractivity contribution is 7.80. The van der Waals surface area contributed by atoms with Gasteiger partial charge in [0.1, 0.15) is 16.4 Å². The molecule has 0 spiro atoms. The van der Waals surface area contributed by atoms with Crippen LogP contribution in [0.1, 0.15) is 22.5 Å². The molecule has 4 nitrogen and oxygen atoms in total. The van der Waals surface area contributed by atoms with Crippen molar-refractivity contribution < 1.29 is 4.74 Å². The maximum Gasteiger partial charge on any atom is 0.322 e. The summed E-state index contributed by atoms with van der Waals surface area (Å²) in [7, 11) is 0. The van der Waals surface area contributed by atoms with Gasteiger partial charge in [0.2, 0.25) is 0 Å². The molecule has 0 unspecified atom stereocenters.